The summed E-state index contributed by atoms with van der Waals surface area (Å²) in [7, 11) is 0. The molecule has 1 saturated heterocycles. The minimum absolute atomic E-state index is 0.0275. The van der Waals surface area contributed by atoms with Gasteiger partial charge in [0.2, 0.25) is 0 Å². The number of nitrogens with zero attached hydrogens (tertiary/aromatic N) is 1. The molecule has 0 aliphatic carbocycles. The normalized spacial score (nSPS) is 31.3. The number of ether oxygens (including phenoxy) is 1. The van der Waals surface area contributed by atoms with Crippen LogP contribution in [0, 0.1) is 0 Å². The summed E-state index contributed by atoms with van der Waals surface area (Å²) in [5.74, 6) is 1.13. The zero-order valence-corrected chi connectivity index (χ0v) is 9.69. The summed E-state index contributed by atoms with van der Waals surface area (Å²) >= 11 is 1.83. The Bertz CT molecular complexity index is 240. The molecular formula is C10H18N2OS. The van der Waals surface area contributed by atoms with Crippen molar-refractivity contribution in [3.05, 3.63) is 0 Å². The third-order valence-corrected chi connectivity index (χ3v) is 3.52. The van der Waals surface area contributed by atoms with Crippen LogP contribution < -0.4 is 5.32 Å². The van der Waals surface area contributed by atoms with Gasteiger partial charge in [0, 0.05) is 18.4 Å². The van der Waals surface area contributed by atoms with Gasteiger partial charge in [-0.15, -0.1) is 0 Å². The van der Waals surface area contributed by atoms with Crippen molar-refractivity contribution in [1.29, 1.82) is 0 Å². The van der Waals surface area contributed by atoms with Crippen molar-refractivity contribution in [2.24, 2.45) is 4.99 Å². The molecule has 1 unspecified atom stereocenters. The van der Waals surface area contributed by atoms with Crippen LogP contribution in [-0.4, -0.2) is 35.7 Å². The van der Waals surface area contributed by atoms with Crippen molar-refractivity contribution < 1.29 is 4.74 Å². The Morgan fingerprint density at radius 3 is 3.07 bits per heavy atom. The van der Waals surface area contributed by atoms with Gasteiger partial charge in [-0.2, -0.15) is 0 Å². The van der Waals surface area contributed by atoms with Gasteiger partial charge >= 0.3 is 0 Å². The van der Waals surface area contributed by atoms with E-state index in [9.17, 15) is 0 Å². The van der Waals surface area contributed by atoms with Crippen LogP contribution in [0.2, 0.25) is 0 Å². The van der Waals surface area contributed by atoms with E-state index in [-0.39, 0.29) is 5.60 Å². The third-order valence-electron chi connectivity index (χ3n) is 2.61. The zero-order chi connectivity index (χ0) is 10.0. The molecule has 2 heterocycles. The monoisotopic (exact) mass is 214 g/mol. The molecule has 0 amide bonds. The van der Waals surface area contributed by atoms with Gasteiger partial charge in [-0.3, -0.25) is 4.99 Å². The van der Waals surface area contributed by atoms with Crippen molar-refractivity contribution >= 4 is 16.9 Å². The highest BCUT2D eigenvalue weighted by Crippen LogP contribution is 2.24. The number of amidine groups is 1. The van der Waals surface area contributed by atoms with Crippen LogP contribution in [0.3, 0.4) is 0 Å². The molecule has 0 radical (unpaired) electrons. The van der Waals surface area contributed by atoms with E-state index in [1.165, 1.54) is 0 Å². The second-order valence-corrected chi connectivity index (χ2v) is 5.56. The number of hydrogen-bond donors (Lipinski definition) is 1. The first-order valence-corrected chi connectivity index (χ1v) is 6.22. The highest BCUT2D eigenvalue weighted by molar-refractivity contribution is 8.14. The predicted molar refractivity (Wildman–Crippen MR) is 60.9 cm³/mol. The van der Waals surface area contributed by atoms with E-state index in [0.717, 1.165) is 36.9 Å². The maximum Gasteiger partial charge on any atom is 0.156 e. The van der Waals surface area contributed by atoms with Gasteiger partial charge < -0.3 is 10.1 Å². The molecule has 14 heavy (non-hydrogen) atoms. The van der Waals surface area contributed by atoms with Gasteiger partial charge in [0.05, 0.1) is 12.1 Å². The largest absolute Gasteiger partial charge is 0.375 e. The summed E-state index contributed by atoms with van der Waals surface area (Å²) < 4.78 is 5.67. The lowest BCUT2D eigenvalue weighted by molar-refractivity contribution is -0.0603. The van der Waals surface area contributed by atoms with Crippen molar-refractivity contribution in [1.82, 2.24) is 5.32 Å². The average molecular weight is 214 g/mol. The Morgan fingerprint density at radius 1 is 1.57 bits per heavy atom. The van der Waals surface area contributed by atoms with Crippen molar-refractivity contribution in [2.75, 3.05) is 18.9 Å². The van der Waals surface area contributed by atoms with Crippen LogP contribution in [0.4, 0.5) is 0 Å². The lowest BCUT2D eigenvalue weighted by Crippen LogP contribution is -2.44. The number of hydrogen-bond acceptors (Lipinski definition) is 4. The van der Waals surface area contributed by atoms with E-state index in [0.29, 0.717) is 6.04 Å². The third kappa shape index (κ3) is 2.64. The molecule has 2 rings (SSSR count). The highest BCUT2D eigenvalue weighted by atomic mass is 32.2. The maximum absolute atomic E-state index is 5.67. The first kappa shape index (κ1) is 10.3. The Hall–Kier alpha value is -0.220. The quantitative estimate of drug-likeness (QED) is 0.720. The second-order valence-electron chi connectivity index (χ2n) is 4.48. The first-order chi connectivity index (χ1) is 6.66. The van der Waals surface area contributed by atoms with E-state index in [4.69, 9.17) is 4.74 Å². The summed E-state index contributed by atoms with van der Waals surface area (Å²) in [6, 6.07) is 0.545. The van der Waals surface area contributed by atoms with Crippen molar-refractivity contribution in [3.63, 3.8) is 0 Å². The fourth-order valence-electron chi connectivity index (χ4n) is 1.95. The number of nitrogens with one attached hydrogen (secondary N) is 1. The summed E-state index contributed by atoms with van der Waals surface area (Å²) in [6.45, 7) is 6.15. The van der Waals surface area contributed by atoms with E-state index in [1.807, 2.05) is 11.8 Å². The van der Waals surface area contributed by atoms with E-state index in [2.05, 4.69) is 24.2 Å². The van der Waals surface area contributed by atoms with Crippen LogP contribution in [0.15, 0.2) is 4.99 Å². The summed E-state index contributed by atoms with van der Waals surface area (Å²) in [5.41, 5.74) is 0.0275. The van der Waals surface area contributed by atoms with Crippen LogP contribution in [0.1, 0.15) is 26.7 Å². The molecule has 1 atom stereocenters. The molecule has 0 aromatic heterocycles. The van der Waals surface area contributed by atoms with Gasteiger partial charge in [0.25, 0.3) is 0 Å². The number of aliphatic imine (C=N–C) groups is 1. The topological polar surface area (TPSA) is 33.6 Å². The van der Waals surface area contributed by atoms with E-state index in [1.54, 1.807) is 0 Å². The van der Waals surface area contributed by atoms with E-state index < -0.39 is 0 Å². The van der Waals surface area contributed by atoms with Gasteiger partial charge in [-0.05, 0) is 26.7 Å². The SMILES string of the molecule is CC1(C)CC(NC2=NCCS2)CCO1. The Kier molecular flexibility index (Phi) is 3.02. The standard InChI is InChI=1S/C10H18N2OS/c1-10(2)7-8(3-5-13-10)12-9-11-4-6-14-9/h8H,3-7H2,1-2H3,(H,11,12). The molecule has 80 valence electrons. The Balaban J connectivity index is 1.85. The van der Waals surface area contributed by atoms with E-state index >= 15 is 0 Å². The van der Waals surface area contributed by atoms with Gasteiger partial charge in [-0.25, -0.2) is 0 Å². The summed E-state index contributed by atoms with van der Waals surface area (Å²) in [4.78, 5) is 4.41. The van der Waals surface area contributed by atoms with Gasteiger partial charge in [0.1, 0.15) is 0 Å². The molecule has 3 nitrogen and oxygen atoms in total. The molecule has 0 aromatic rings. The average Bonchev–Trinajstić information content (AvgIpc) is 2.54. The zero-order valence-electron chi connectivity index (χ0n) is 8.88. The first-order valence-electron chi connectivity index (χ1n) is 5.23. The summed E-state index contributed by atoms with van der Waals surface area (Å²) in [5, 5.41) is 4.64. The number of rotatable bonds is 1. The van der Waals surface area contributed by atoms with Crippen molar-refractivity contribution in [2.45, 2.75) is 38.3 Å². The van der Waals surface area contributed by atoms with Gasteiger partial charge in [0.15, 0.2) is 5.17 Å². The molecule has 0 saturated carbocycles. The smallest absolute Gasteiger partial charge is 0.156 e. The molecule has 0 spiro atoms. The number of thioether (sulfide) groups is 1. The summed E-state index contributed by atoms with van der Waals surface area (Å²) in [6.07, 6.45) is 2.18. The molecular weight excluding hydrogens is 196 g/mol. The lowest BCUT2D eigenvalue weighted by atomic mass is 9.94. The van der Waals surface area contributed by atoms with Crippen LogP contribution in [0.25, 0.3) is 0 Å². The van der Waals surface area contributed by atoms with Crippen LogP contribution in [0.5, 0.6) is 0 Å². The molecule has 0 bridgehead atoms. The van der Waals surface area contributed by atoms with Crippen LogP contribution in [-0.2, 0) is 4.74 Å². The predicted octanol–water partition coefficient (Wildman–Crippen LogP) is 1.64. The molecule has 1 fully saturated rings. The molecule has 0 aromatic carbocycles. The minimum atomic E-state index is 0.0275. The molecule has 2 aliphatic heterocycles. The van der Waals surface area contributed by atoms with Gasteiger partial charge in [-0.1, -0.05) is 11.8 Å². The lowest BCUT2D eigenvalue weighted by Gasteiger charge is -2.36. The van der Waals surface area contributed by atoms with Crippen molar-refractivity contribution in [3.8, 4) is 0 Å². The molecule has 4 heteroatoms. The highest BCUT2D eigenvalue weighted by Gasteiger charge is 2.29. The molecule has 1 N–H and O–H groups in total. The molecule has 2 aliphatic rings. The fraction of sp³-hybridized carbons (Fsp3) is 0.900. The minimum Gasteiger partial charge on any atom is -0.375 e. The van der Waals surface area contributed by atoms with Crippen LogP contribution >= 0.6 is 11.8 Å². The second kappa shape index (κ2) is 4.11. The Labute approximate surface area is 89.7 Å². The maximum atomic E-state index is 5.67. The Morgan fingerprint density at radius 2 is 2.43 bits per heavy atom. The fourth-order valence-corrected chi connectivity index (χ4v) is 2.76.